The van der Waals surface area contributed by atoms with E-state index in [4.69, 9.17) is 22.1 Å². The van der Waals surface area contributed by atoms with Crippen molar-refractivity contribution in [3.05, 3.63) is 29.7 Å². The molecule has 1 fully saturated rings. The average molecular weight is 451 g/mol. The Morgan fingerprint density at radius 2 is 1.97 bits per heavy atom. The lowest BCUT2D eigenvalue weighted by atomic mass is 9.90. The van der Waals surface area contributed by atoms with E-state index in [-0.39, 0.29) is 11.6 Å². The summed E-state index contributed by atoms with van der Waals surface area (Å²) in [6.45, 7) is 9.15. The second-order valence-electron chi connectivity index (χ2n) is 8.51. The molecule has 0 saturated carbocycles. The van der Waals surface area contributed by atoms with E-state index in [1.807, 2.05) is 33.8 Å². The van der Waals surface area contributed by atoms with Gasteiger partial charge in [0.2, 0.25) is 0 Å². The summed E-state index contributed by atoms with van der Waals surface area (Å²) in [6, 6.07) is 3.51. The van der Waals surface area contributed by atoms with Crippen LogP contribution in [0.25, 0.3) is 0 Å². The number of alkyl carbamates (subject to hydrolysis) is 1. The van der Waals surface area contributed by atoms with Crippen molar-refractivity contribution in [2.24, 2.45) is 0 Å². The monoisotopic (exact) mass is 450 g/mol. The van der Waals surface area contributed by atoms with E-state index in [9.17, 15) is 4.79 Å². The molecule has 3 N–H and O–H groups in total. The first-order valence-electron chi connectivity index (χ1n) is 9.71. The van der Waals surface area contributed by atoms with Gasteiger partial charge in [-0.2, -0.15) is 0 Å². The standard InChI is InChI=1S/C20H27ClN6O2S/c1-19(2,3)29-18(28)26-20(4)7-9-27(10-8-20)15-11-24-16(12-23-15)30-13-5-6-14(22)25-17(13)21/h5-6,11-12H,7-10H2,1-4H3,(H2,22,25)(H,26,28). The number of carbonyl (C=O) groups excluding carboxylic acids is 1. The zero-order valence-electron chi connectivity index (χ0n) is 17.6. The molecule has 10 heteroatoms. The molecule has 3 heterocycles. The summed E-state index contributed by atoms with van der Waals surface area (Å²) in [7, 11) is 0. The first-order valence-corrected chi connectivity index (χ1v) is 10.9. The number of nitrogen functional groups attached to an aromatic ring is 1. The zero-order chi connectivity index (χ0) is 21.9. The van der Waals surface area contributed by atoms with Crippen molar-refractivity contribution < 1.29 is 9.53 Å². The molecule has 0 bridgehead atoms. The van der Waals surface area contributed by atoms with Crippen LogP contribution in [-0.4, -0.2) is 45.3 Å². The van der Waals surface area contributed by atoms with Crippen molar-refractivity contribution in [2.45, 2.75) is 61.6 Å². The summed E-state index contributed by atoms with van der Waals surface area (Å²) in [6.07, 6.45) is 4.67. The van der Waals surface area contributed by atoms with Gasteiger partial charge in [0.15, 0.2) is 0 Å². The van der Waals surface area contributed by atoms with Crippen molar-refractivity contribution in [3.8, 4) is 0 Å². The SMILES string of the molecule is CC1(NC(=O)OC(C)(C)C)CCN(c2cnc(Sc3ccc(N)nc3Cl)cn2)CC1. The molecule has 1 saturated heterocycles. The van der Waals surface area contributed by atoms with Crippen LogP contribution in [0, 0.1) is 0 Å². The lowest BCUT2D eigenvalue weighted by Crippen LogP contribution is -2.54. The van der Waals surface area contributed by atoms with Crippen LogP contribution in [0.1, 0.15) is 40.5 Å². The van der Waals surface area contributed by atoms with E-state index in [1.54, 1.807) is 18.5 Å². The Bertz CT molecular complexity index is 895. The third kappa shape index (κ3) is 6.12. The lowest BCUT2D eigenvalue weighted by molar-refractivity contribution is 0.0448. The fraction of sp³-hybridized carbons (Fsp3) is 0.500. The summed E-state index contributed by atoms with van der Waals surface area (Å²) in [4.78, 5) is 28.1. The number of nitrogens with two attached hydrogens (primary N) is 1. The van der Waals surface area contributed by atoms with Gasteiger partial charge in [-0.05, 0) is 52.7 Å². The highest BCUT2D eigenvalue weighted by atomic mass is 35.5. The molecule has 2 aromatic heterocycles. The number of anilines is 2. The Morgan fingerprint density at radius 1 is 1.27 bits per heavy atom. The van der Waals surface area contributed by atoms with Crippen molar-refractivity contribution in [1.29, 1.82) is 0 Å². The first kappa shape index (κ1) is 22.4. The number of halogens is 1. The number of rotatable bonds is 4. The van der Waals surface area contributed by atoms with Crippen LogP contribution >= 0.6 is 23.4 Å². The molecule has 0 aliphatic carbocycles. The normalized spacial score (nSPS) is 16.2. The number of hydrogen-bond acceptors (Lipinski definition) is 8. The van der Waals surface area contributed by atoms with Crippen LogP contribution in [0.2, 0.25) is 5.15 Å². The van der Waals surface area contributed by atoms with E-state index in [0.717, 1.165) is 41.7 Å². The number of nitrogens with one attached hydrogen (secondary N) is 1. The van der Waals surface area contributed by atoms with Crippen molar-refractivity contribution >= 4 is 41.1 Å². The highest BCUT2D eigenvalue weighted by Crippen LogP contribution is 2.32. The smallest absolute Gasteiger partial charge is 0.408 e. The van der Waals surface area contributed by atoms with Crippen LogP contribution in [0.15, 0.2) is 34.4 Å². The van der Waals surface area contributed by atoms with Crippen LogP contribution in [0.4, 0.5) is 16.4 Å². The number of aromatic nitrogens is 3. The topological polar surface area (TPSA) is 106 Å². The molecule has 3 rings (SSSR count). The molecule has 1 amide bonds. The predicted molar refractivity (Wildman–Crippen MR) is 119 cm³/mol. The van der Waals surface area contributed by atoms with Gasteiger partial charge in [0.05, 0.1) is 17.3 Å². The number of hydrogen-bond donors (Lipinski definition) is 2. The van der Waals surface area contributed by atoms with Crippen LogP contribution in [0.5, 0.6) is 0 Å². The molecular weight excluding hydrogens is 424 g/mol. The van der Waals surface area contributed by atoms with E-state index in [0.29, 0.717) is 11.0 Å². The zero-order valence-corrected chi connectivity index (χ0v) is 19.2. The second-order valence-corrected chi connectivity index (χ2v) is 9.93. The van der Waals surface area contributed by atoms with Crippen molar-refractivity contribution in [1.82, 2.24) is 20.3 Å². The Hall–Kier alpha value is -2.26. The average Bonchev–Trinajstić information content (AvgIpc) is 2.63. The maximum atomic E-state index is 12.1. The fourth-order valence-corrected chi connectivity index (χ4v) is 4.03. The van der Waals surface area contributed by atoms with Gasteiger partial charge in [0.25, 0.3) is 0 Å². The number of carbonyl (C=O) groups is 1. The fourth-order valence-electron chi connectivity index (χ4n) is 3.05. The Kier molecular flexibility index (Phi) is 6.62. The Balaban J connectivity index is 1.56. The molecular formula is C20H27ClN6O2S. The summed E-state index contributed by atoms with van der Waals surface area (Å²) >= 11 is 7.51. The molecule has 8 nitrogen and oxygen atoms in total. The third-order valence-corrected chi connectivity index (χ3v) is 6.03. The number of amides is 1. The van der Waals surface area contributed by atoms with Crippen molar-refractivity contribution in [2.75, 3.05) is 23.7 Å². The van der Waals surface area contributed by atoms with Crippen LogP contribution < -0.4 is 16.0 Å². The summed E-state index contributed by atoms with van der Waals surface area (Å²) < 4.78 is 5.38. The second kappa shape index (κ2) is 8.85. The summed E-state index contributed by atoms with van der Waals surface area (Å²) in [5.74, 6) is 1.18. The summed E-state index contributed by atoms with van der Waals surface area (Å²) in [5.41, 5.74) is 4.81. The van der Waals surface area contributed by atoms with Crippen LogP contribution in [0.3, 0.4) is 0 Å². The molecule has 2 aromatic rings. The Morgan fingerprint density at radius 3 is 2.53 bits per heavy atom. The highest BCUT2D eigenvalue weighted by molar-refractivity contribution is 7.99. The van der Waals surface area contributed by atoms with Gasteiger partial charge in [-0.25, -0.2) is 19.7 Å². The minimum Gasteiger partial charge on any atom is -0.444 e. The molecule has 1 aliphatic heterocycles. The van der Waals surface area contributed by atoms with E-state index in [2.05, 4.69) is 25.2 Å². The molecule has 162 valence electrons. The number of nitrogens with zero attached hydrogens (tertiary/aromatic N) is 4. The van der Waals surface area contributed by atoms with Gasteiger partial charge in [-0.1, -0.05) is 23.4 Å². The minimum absolute atomic E-state index is 0.305. The molecule has 1 aliphatic rings. The molecule has 0 aromatic carbocycles. The van der Waals surface area contributed by atoms with Gasteiger partial charge in [0.1, 0.15) is 27.4 Å². The predicted octanol–water partition coefficient (Wildman–Crippen LogP) is 4.14. The van der Waals surface area contributed by atoms with E-state index >= 15 is 0 Å². The largest absolute Gasteiger partial charge is 0.444 e. The molecule has 0 atom stereocenters. The maximum absolute atomic E-state index is 12.1. The summed E-state index contributed by atoms with van der Waals surface area (Å²) in [5, 5.41) is 4.08. The number of piperidine rings is 1. The van der Waals surface area contributed by atoms with E-state index < -0.39 is 5.60 Å². The lowest BCUT2D eigenvalue weighted by Gasteiger charge is -2.40. The van der Waals surface area contributed by atoms with Gasteiger partial charge in [-0.3, -0.25) is 0 Å². The van der Waals surface area contributed by atoms with Crippen molar-refractivity contribution in [3.63, 3.8) is 0 Å². The maximum Gasteiger partial charge on any atom is 0.408 e. The Labute approximate surface area is 186 Å². The molecule has 0 unspecified atom stereocenters. The number of pyridine rings is 1. The molecule has 0 radical (unpaired) electrons. The quantitative estimate of drug-likeness (QED) is 0.669. The van der Waals surface area contributed by atoms with Gasteiger partial charge >= 0.3 is 6.09 Å². The minimum atomic E-state index is -0.511. The number of ether oxygens (including phenoxy) is 1. The third-order valence-electron chi connectivity index (χ3n) is 4.66. The van der Waals surface area contributed by atoms with Gasteiger partial charge in [0, 0.05) is 18.6 Å². The first-order chi connectivity index (χ1) is 14.0. The van der Waals surface area contributed by atoms with Gasteiger partial charge < -0.3 is 20.7 Å². The molecule has 0 spiro atoms. The van der Waals surface area contributed by atoms with Gasteiger partial charge in [-0.15, -0.1) is 0 Å². The van der Waals surface area contributed by atoms with E-state index in [1.165, 1.54) is 11.8 Å². The van der Waals surface area contributed by atoms with Crippen LogP contribution in [-0.2, 0) is 4.74 Å². The molecule has 30 heavy (non-hydrogen) atoms. The highest BCUT2D eigenvalue weighted by Gasteiger charge is 2.33.